The molecule has 1 amide bonds. The molecule has 0 aliphatic heterocycles. The van der Waals surface area contributed by atoms with Crippen molar-refractivity contribution < 1.29 is 9.53 Å². The zero-order valence-electron chi connectivity index (χ0n) is 11.3. The van der Waals surface area contributed by atoms with Crippen molar-refractivity contribution in [2.75, 3.05) is 24.5 Å². The van der Waals surface area contributed by atoms with Gasteiger partial charge in [0.15, 0.2) is 0 Å². The number of nitrogens with one attached hydrogen (secondary N) is 1. The van der Waals surface area contributed by atoms with Gasteiger partial charge in [-0.25, -0.2) is 0 Å². The molecule has 20 heavy (non-hydrogen) atoms. The van der Waals surface area contributed by atoms with E-state index >= 15 is 0 Å². The molecular formula is C14H16N4O2. The quantitative estimate of drug-likeness (QED) is 0.653. The molecule has 2 rings (SSSR count). The van der Waals surface area contributed by atoms with Crippen molar-refractivity contribution in [3.8, 4) is 5.75 Å². The van der Waals surface area contributed by atoms with Crippen molar-refractivity contribution in [2.24, 2.45) is 5.84 Å². The molecule has 3 N–H and O–H groups in total. The van der Waals surface area contributed by atoms with Crippen molar-refractivity contribution in [3.05, 3.63) is 48.3 Å². The first kappa shape index (κ1) is 13.8. The maximum absolute atomic E-state index is 12.5. The molecule has 1 aromatic heterocycles. The van der Waals surface area contributed by atoms with Crippen molar-refractivity contribution in [1.29, 1.82) is 0 Å². The largest absolute Gasteiger partial charge is 0.497 e. The fourth-order valence-electron chi connectivity index (χ4n) is 1.81. The summed E-state index contributed by atoms with van der Waals surface area (Å²) in [6.07, 6.45) is 3.05. The molecule has 0 unspecified atom stereocenters. The average Bonchev–Trinajstić information content (AvgIpc) is 2.53. The third-order valence-electron chi connectivity index (χ3n) is 2.95. The second-order valence-corrected chi connectivity index (χ2v) is 4.13. The summed E-state index contributed by atoms with van der Waals surface area (Å²) < 4.78 is 5.15. The van der Waals surface area contributed by atoms with Crippen LogP contribution in [0.3, 0.4) is 0 Å². The zero-order chi connectivity index (χ0) is 14.5. The molecule has 104 valence electrons. The molecule has 0 aliphatic carbocycles. The second kappa shape index (κ2) is 6.03. The highest BCUT2D eigenvalue weighted by Gasteiger charge is 2.17. The minimum atomic E-state index is -0.209. The van der Waals surface area contributed by atoms with Crippen LogP contribution in [-0.2, 0) is 0 Å². The highest BCUT2D eigenvalue weighted by Crippen LogP contribution is 2.23. The van der Waals surface area contributed by atoms with Crippen LogP contribution in [0, 0.1) is 0 Å². The van der Waals surface area contributed by atoms with E-state index in [4.69, 9.17) is 10.6 Å². The maximum atomic E-state index is 12.5. The lowest BCUT2D eigenvalue weighted by Gasteiger charge is -2.19. The highest BCUT2D eigenvalue weighted by molar-refractivity contribution is 6.09. The standard InChI is InChI=1S/C14H16N4O2/c1-18(10-4-3-5-11(8-10)20-2)14(19)12-9-16-7-6-13(12)17-15/h3-9H,15H2,1-2H3,(H,16,17). The number of carbonyl (C=O) groups is 1. The number of nitrogen functional groups attached to an aromatic ring is 1. The molecule has 0 bridgehead atoms. The van der Waals surface area contributed by atoms with Crippen molar-refractivity contribution >= 4 is 17.3 Å². The normalized spacial score (nSPS) is 9.95. The Morgan fingerprint density at radius 3 is 2.90 bits per heavy atom. The van der Waals surface area contributed by atoms with Gasteiger partial charge in [0, 0.05) is 31.2 Å². The summed E-state index contributed by atoms with van der Waals surface area (Å²) in [5, 5.41) is 0. The van der Waals surface area contributed by atoms with Gasteiger partial charge in [-0.15, -0.1) is 0 Å². The Bertz CT molecular complexity index is 616. The van der Waals surface area contributed by atoms with E-state index in [0.29, 0.717) is 17.0 Å². The summed E-state index contributed by atoms with van der Waals surface area (Å²) in [4.78, 5) is 17.9. The number of aromatic nitrogens is 1. The molecular weight excluding hydrogens is 256 g/mol. The molecule has 1 heterocycles. The topological polar surface area (TPSA) is 80.5 Å². The first-order valence-corrected chi connectivity index (χ1v) is 6.00. The van der Waals surface area contributed by atoms with Gasteiger partial charge in [-0.1, -0.05) is 6.07 Å². The Kier molecular flexibility index (Phi) is 4.17. The van der Waals surface area contributed by atoms with E-state index in [9.17, 15) is 4.79 Å². The number of ether oxygens (including phenoxy) is 1. The van der Waals surface area contributed by atoms with Gasteiger partial charge in [-0.2, -0.15) is 0 Å². The third kappa shape index (κ3) is 2.70. The van der Waals surface area contributed by atoms with E-state index in [2.05, 4.69) is 10.4 Å². The van der Waals surface area contributed by atoms with Gasteiger partial charge < -0.3 is 15.1 Å². The minimum absolute atomic E-state index is 0.209. The molecule has 6 heteroatoms. The van der Waals surface area contributed by atoms with E-state index in [1.165, 1.54) is 11.1 Å². The van der Waals surface area contributed by atoms with E-state index in [1.807, 2.05) is 18.2 Å². The van der Waals surface area contributed by atoms with Crippen molar-refractivity contribution in [1.82, 2.24) is 4.98 Å². The molecule has 0 saturated carbocycles. The van der Waals surface area contributed by atoms with Crippen LogP contribution in [0.1, 0.15) is 10.4 Å². The summed E-state index contributed by atoms with van der Waals surface area (Å²) >= 11 is 0. The number of nitrogens with zero attached hydrogens (tertiary/aromatic N) is 2. The minimum Gasteiger partial charge on any atom is -0.497 e. The van der Waals surface area contributed by atoms with Crippen LogP contribution < -0.4 is 20.9 Å². The monoisotopic (exact) mass is 272 g/mol. The molecule has 0 aliphatic rings. The fraction of sp³-hybridized carbons (Fsp3) is 0.143. The summed E-state index contributed by atoms with van der Waals surface area (Å²) in [5.41, 5.74) is 4.15. The molecule has 0 spiro atoms. The van der Waals surface area contributed by atoms with Gasteiger partial charge in [0.2, 0.25) is 0 Å². The molecule has 0 saturated heterocycles. The smallest absolute Gasteiger partial charge is 0.261 e. The Morgan fingerprint density at radius 2 is 2.20 bits per heavy atom. The van der Waals surface area contributed by atoms with Crippen LogP contribution >= 0.6 is 0 Å². The van der Waals surface area contributed by atoms with Gasteiger partial charge in [0.1, 0.15) is 5.75 Å². The Balaban J connectivity index is 2.32. The summed E-state index contributed by atoms with van der Waals surface area (Å²) in [7, 11) is 3.27. The highest BCUT2D eigenvalue weighted by atomic mass is 16.5. The number of rotatable bonds is 4. The number of amides is 1. The fourth-order valence-corrected chi connectivity index (χ4v) is 1.81. The molecule has 1 aromatic carbocycles. The van der Waals surface area contributed by atoms with Crippen LogP contribution in [0.2, 0.25) is 0 Å². The number of methoxy groups -OCH3 is 1. The SMILES string of the molecule is COc1cccc(N(C)C(=O)c2cnccc2NN)c1. The Morgan fingerprint density at radius 1 is 1.40 bits per heavy atom. The van der Waals surface area contributed by atoms with E-state index in [1.54, 1.807) is 32.5 Å². The lowest BCUT2D eigenvalue weighted by Crippen LogP contribution is -2.27. The number of nitrogens with two attached hydrogens (primary N) is 1. The number of hydrogen-bond acceptors (Lipinski definition) is 5. The summed E-state index contributed by atoms with van der Waals surface area (Å²) in [5.74, 6) is 5.88. The lowest BCUT2D eigenvalue weighted by molar-refractivity contribution is 0.0993. The average molecular weight is 272 g/mol. The number of hydrogen-bond donors (Lipinski definition) is 2. The van der Waals surface area contributed by atoms with Gasteiger partial charge in [0.25, 0.3) is 5.91 Å². The predicted octanol–water partition coefficient (Wildman–Crippen LogP) is 1.65. The predicted molar refractivity (Wildman–Crippen MR) is 77.8 cm³/mol. The summed E-state index contributed by atoms with van der Waals surface area (Å²) in [6, 6.07) is 8.89. The molecule has 6 nitrogen and oxygen atoms in total. The van der Waals surface area contributed by atoms with Crippen molar-refractivity contribution in [2.45, 2.75) is 0 Å². The van der Waals surface area contributed by atoms with E-state index in [0.717, 1.165) is 5.69 Å². The van der Waals surface area contributed by atoms with Crippen LogP contribution in [0.4, 0.5) is 11.4 Å². The first-order valence-electron chi connectivity index (χ1n) is 6.00. The second-order valence-electron chi connectivity index (χ2n) is 4.13. The zero-order valence-corrected chi connectivity index (χ0v) is 11.3. The van der Waals surface area contributed by atoms with Crippen molar-refractivity contribution in [3.63, 3.8) is 0 Å². The van der Waals surface area contributed by atoms with Gasteiger partial charge >= 0.3 is 0 Å². The van der Waals surface area contributed by atoms with Crippen LogP contribution in [0.25, 0.3) is 0 Å². The number of pyridine rings is 1. The lowest BCUT2D eigenvalue weighted by atomic mass is 10.2. The number of anilines is 2. The molecule has 0 atom stereocenters. The number of carbonyl (C=O) groups excluding carboxylic acids is 1. The van der Waals surface area contributed by atoms with Gasteiger partial charge in [-0.05, 0) is 18.2 Å². The Labute approximate surface area is 117 Å². The van der Waals surface area contributed by atoms with Crippen LogP contribution in [-0.4, -0.2) is 25.0 Å². The van der Waals surface area contributed by atoms with Gasteiger partial charge in [-0.3, -0.25) is 15.6 Å². The number of benzene rings is 1. The third-order valence-corrected chi connectivity index (χ3v) is 2.95. The molecule has 2 aromatic rings. The van der Waals surface area contributed by atoms with E-state index < -0.39 is 0 Å². The summed E-state index contributed by atoms with van der Waals surface area (Å²) in [6.45, 7) is 0. The maximum Gasteiger partial charge on any atom is 0.261 e. The van der Waals surface area contributed by atoms with Crippen LogP contribution in [0.5, 0.6) is 5.75 Å². The Hall–Kier alpha value is -2.60. The van der Waals surface area contributed by atoms with E-state index in [-0.39, 0.29) is 5.91 Å². The van der Waals surface area contributed by atoms with Gasteiger partial charge in [0.05, 0.1) is 18.4 Å². The first-order chi connectivity index (χ1) is 9.67. The van der Waals surface area contributed by atoms with Crippen LogP contribution in [0.15, 0.2) is 42.7 Å². The molecule has 0 fully saturated rings. The number of hydrazine groups is 1. The molecule has 0 radical (unpaired) electrons.